The highest BCUT2D eigenvalue weighted by Gasteiger charge is 2.13. The molecule has 0 aliphatic heterocycles. The van der Waals surface area contributed by atoms with E-state index in [1.54, 1.807) is 0 Å². The molecule has 0 bridgehead atoms. The van der Waals surface area contributed by atoms with Crippen LogP contribution in [0.3, 0.4) is 0 Å². The Morgan fingerprint density at radius 3 is 2.05 bits per heavy atom. The van der Waals surface area contributed by atoms with E-state index in [4.69, 9.17) is 0 Å². The predicted octanol–water partition coefficient (Wildman–Crippen LogP) is 4.02. The molecule has 0 fully saturated rings. The van der Waals surface area contributed by atoms with Crippen LogP contribution in [0.4, 0.5) is 5.69 Å². The maximum atomic E-state index is 4.05. The topological polar surface area (TPSA) is 16.1 Å². The first kappa shape index (κ1) is 13.6. The van der Waals surface area contributed by atoms with Gasteiger partial charge < -0.3 is 4.90 Å². The van der Waals surface area contributed by atoms with Crippen LogP contribution in [-0.2, 0) is 12.0 Å². The van der Waals surface area contributed by atoms with Crippen LogP contribution in [0.25, 0.3) is 0 Å². The molecule has 0 aliphatic rings. The summed E-state index contributed by atoms with van der Waals surface area (Å²) in [6, 6.07) is 13.0. The van der Waals surface area contributed by atoms with Crippen molar-refractivity contribution >= 4 is 5.69 Å². The van der Waals surface area contributed by atoms with Crippen LogP contribution in [0, 0.1) is 0 Å². The van der Waals surface area contributed by atoms with E-state index in [1.165, 1.54) is 16.8 Å². The third-order valence-corrected chi connectivity index (χ3v) is 3.34. The van der Waals surface area contributed by atoms with Gasteiger partial charge in [0.25, 0.3) is 0 Å². The van der Waals surface area contributed by atoms with Crippen molar-refractivity contribution in [2.75, 3.05) is 11.9 Å². The molecular weight excluding hydrogens is 232 g/mol. The Hall–Kier alpha value is -1.83. The summed E-state index contributed by atoms with van der Waals surface area (Å²) in [6.45, 7) is 7.63. The average Bonchev–Trinajstić information content (AvgIpc) is 2.39. The normalized spacial score (nSPS) is 11.4. The molecule has 2 nitrogen and oxygen atoms in total. The lowest BCUT2D eigenvalue weighted by atomic mass is 9.87. The Labute approximate surface area is 116 Å². The number of hydrogen-bond acceptors (Lipinski definition) is 2. The first-order valence-electron chi connectivity index (χ1n) is 6.67. The molecule has 0 spiro atoms. The molecule has 0 saturated carbocycles. The van der Waals surface area contributed by atoms with E-state index < -0.39 is 0 Å². The van der Waals surface area contributed by atoms with Crippen LogP contribution >= 0.6 is 0 Å². The maximum absolute atomic E-state index is 4.05. The summed E-state index contributed by atoms with van der Waals surface area (Å²) < 4.78 is 0. The van der Waals surface area contributed by atoms with Gasteiger partial charge in [-0.2, -0.15) is 0 Å². The number of anilines is 1. The van der Waals surface area contributed by atoms with Gasteiger partial charge in [-0.15, -0.1) is 0 Å². The van der Waals surface area contributed by atoms with E-state index >= 15 is 0 Å². The molecule has 2 aromatic rings. The summed E-state index contributed by atoms with van der Waals surface area (Å²) in [4.78, 5) is 6.28. The van der Waals surface area contributed by atoms with Crippen molar-refractivity contribution in [3.63, 3.8) is 0 Å². The highest BCUT2D eigenvalue weighted by Crippen LogP contribution is 2.23. The van der Waals surface area contributed by atoms with Crippen LogP contribution < -0.4 is 4.90 Å². The van der Waals surface area contributed by atoms with E-state index in [1.807, 2.05) is 24.5 Å². The largest absolute Gasteiger partial charge is 0.370 e. The highest BCUT2D eigenvalue weighted by atomic mass is 15.1. The summed E-state index contributed by atoms with van der Waals surface area (Å²) in [5.41, 5.74) is 4.11. The van der Waals surface area contributed by atoms with Gasteiger partial charge in [-0.25, -0.2) is 0 Å². The molecule has 2 heteroatoms. The molecule has 2 rings (SSSR count). The van der Waals surface area contributed by atoms with Gasteiger partial charge in [-0.05, 0) is 28.7 Å². The molecule has 0 amide bonds. The van der Waals surface area contributed by atoms with E-state index in [2.05, 4.69) is 62.0 Å². The van der Waals surface area contributed by atoms with Crippen molar-refractivity contribution in [2.24, 2.45) is 0 Å². The lowest BCUT2D eigenvalue weighted by molar-refractivity contribution is 0.590. The summed E-state index contributed by atoms with van der Waals surface area (Å²) in [5, 5.41) is 0. The number of aromatic nitrogens is 1. The zero-order valence-electron chi connectivity index (χ0n) is 12.2. The second-order valence-electron chi connectivity index (χ2n) is 6.01. The molecule has 0 atom stereocenters. The van der Waals surface area contributed by atoms with Gasteiger partial charge >= 0.3 is 0 Å². The fourth-order valence-electron chi connectivity index (χ4n) is 2.07. The van der Waals surface area contributed by atoms with Crippen molar-refractivity contribution in [3.05, 3.63) is 59.9 Å². The first-order chi connectivity index (χ1) is 8.97. The quantitative estimate of drug-likeness (QED) is 0.822. The van der Waals surface area contributed by atoms with Crippen molar-refractivity contribution < 1.29 is 0 Å². The number of rotatable bonds is 3. The summed E-state index contributed by atoms with van der Waals surface area (Å²) >= 11 is 0. The van der Waals surface area contributed by atoms with E-state index in [9.17, 15) is 0 Å². The molecular formula is C17H22N2. The van der Waals surface area contributed by atoms with Gasteiger partial charge in [0.2, 0.25) is 0 Å². The zero-order chi connectivity index (χ0) is 13.9. The smallest absolute Gasteiger partial charge is 0.0426 e. The predicted molar refractivity (Wildman–Crippen MR) is 81.5 cm³/mol. The lowest BCUT2D eigenvalue weighted by Crippen LogP contribution is -2.16. The minimum absolute atomic E-state index is 0.218. The lowest BCUT2D eigenvalue weighted by Gasteiger charge is -2.21. The monoisotopic (exact) mass is 254 g/mol. The second-order valence-corrected chi connectivity index (χ2v) is 6.01. The van der Waals surface area contributed by atoms with Gasteiger partial charge in [-0.3, -0.25) is 4.98 Å². The Morgan fingerprint density at radius 2 is 1.53 bits per heavy atom. The van der Waals surface area contributed by atoms with Crippen LogP contribution in [-0.4, -0.2) is 12.0 Å². The average molecular weight is 254 g/mol. The Bertz CT molecular complexity index is 509. The van der Waals surface area contributed by atoms with Crippen molar-refractivity contribution in [1.82, 2.24) is 4.98 Å². The molecule has 0 radical (unpaired) electrons. The standard InChI is InChI=1S/C17H22N2/c1-17(2,3)15-7-5-14(6-8-15)13-19(4)16-9-11-18-12-10-16/h5-12H,13H2,1-4H3. The molecule has 100 valence electrons. The van der Waals surface area contributed by atoms with E-state index in [0.29, 0.717) is 0 Å². The number of nitrogens with zero attached hydrogens (tertiary/aromatic N) is 2. The van der Waals surface area contributed by atoms with Gasteiger partial charge in [0.1, 0.15) is 0 Å². The van der Waals surface area contributed by atoms with Gasteiger partial charge in [0.15, 0.2) is 0 Å². The Balaban J connectivity index is 2.08. The fraction of sp³-hybridized carbons (Fsp3) is 0.353. The second kappa shape index (κ2) is 5.43. The number of hydrogen-bond donors (Lipinski definition) is 0. The molecule has 0 saturated heterocycles. The van der Waals surface area contributed by atoms with Crippen LogP contribution in [0.15, 0.2) is 48.8 Å². The molecule has 1 aromatic carbocycles. The first-order valence-corrected chi connectivity index (χ1v) is 6.67. The molecule has 1 aromatic heterocycles. The third-order valence-electron chi connectivity index (χ3n) is 3.34. The van der Waals surface area contributed by atoms with Crippen LogP contribution in [0.1, 0.15) is 31.9 Å². The van der Waals surface area contributed by atoms with Crippen molar-refractivity contribution in [2.45, 2.75) is 32.7 Å². The molecule has 0 N–H and O–H groups in total. The summed E-state index contributed by atoms with van der Waals surface area (Å²) in [7, 11) is 2.10. The Kier molecular flexibility index (Phi) is 3.89. The fourth-order valence-corrected chi connectivity index (χ4v) is 2.07. The molecule has 1 heterocycles. The van der Waals surface area contributed by atoms with Gasteiger partial charge in [0.05, 0.1) is 0 Å². The minimum Gasteiger partial charge on any atom is -0.370 e. The zero-order valence-corrected chi connectivity index (χ0v) is 12.2. The third kappa shape index (κ3) is 3.57. The van der Waals surface area contributed by atoms with Crippen molar-refractivity contribution in [3.8, 4) is 0 Å². The van der Waals surface area contributed by atoms with E-state index in [-0.39, 0.29) is 5.41 Å². The summed E-state index contributed by atoms with van der Waals surface area (Å²) in [5.74, 6) is 0. The molecule has 0 unspecified atom stereocenters. The maximum Gasteiger partial charge on any atom is 0.0426 e. The molecule has 0 aliphatic carbocycles. The van der Waals surface area contributed by atoms with Crippen molar-refractivity contribution in [1.29, 1.82) is 0 Å². The Morgan fingerprint density at radius 1 is 0.947 bits per heavy atom. The highest BCUT2D eigenvalue weighted by molar-refractivity contribution is 5.44. The van der Waals surface area contributed by atoms with Gasteiger partial charge in [0, 0.05) is 31.7 Å². The summed E-state index contributed by atoms with van der Waals surface area (Å²) in [6.07, 6.45) is 3.66. The number of pyridine rings is 1. The minimum atomic E-state index is 0.218. The van der Waals surface area contributed by atoms with E-state index in [0.717, 1.165) is 6.54 Å². The SMILES string of the molecule is CN(Cc1ccc(C(C)(C)C)cc1)c1ccncc1. The van der Waals surface area contributed by atoms with Gasteiger partial charge in [-0.1, -0.05) is 45.0 Å². The van der Waals surface area contributed by atoms with Crippen LogP contribution in [0.5, 0.6) is 0 Å². The number of benzene rings is 1. The van der Waals surface area contributed by atoms with Crippen LogP contribution in [0.2, 0.25) is 0 Å². The molecule has 19 heavy (non-hydrogen) atoms.